The van der Waals surface area contributed by atoms with Crippen molar-refractivity contribution in [3.8, 4) is 16.7 Å². The van der Waals surface area contributed by atoms with Crippen LogP contribution in [0.3, 0.4) is 0 Å². The summed E-state index contributed by atoms with van der Waals surface area (Å²) in [4.78, 5) is 17.3. The van der Waals surface area contributed by atoms with Crippen LogP contribution in [0.4, 0.5) is 0 Å². The van der Waals surface area contributed by atoms with Gasteiger partial charge in [0.15, 0.2) is 11.5 Å². The Labute approximate surface area is 205 Å². The van der Waals surface area contributed by atoms with Gasteiger partial charge in [0.1, 0.15) is 22.5 Å². The van der Waals surface area contributed by atoms with Crippen molar-refractivity contribution in [3.05, 3.63) is 101 Å². The van der Waals surface area contributed by atoms with E-state index in [4.69, 9.17) is 9.47 Å². The largest absolute Gasteiger partial charge is 0.485 e. The normalized spacial score (nSPS) is 14.8. The number of nitrogens with zero attached hydrogens (tertiary/aromatic N) is 4. The number of fused-ring (bicyclic) bond motifs is 2. The van der Waals surface area contributed by atoms with Crippen molar-refractivity contribution in [2.24, 2.45) is 0 Å². The number of hydrogen-bond acceptors (Lipinski definition) is 7. The Kier molecular flexibility index (Phi) is 5.59. The van der Waals surface area contributed by atoms with E-state index in [1.54, 1.807) is 0 Å². The molecule has 9 heteroatoms. The van der Waals surface area contributed by atoms with Crippen LogP contribution in [-0.2, 0) is 13.0 Å². The van der Waals surface area contributed by atoms with Gasteiger partial charge in [0.05, 0.1) is 12.7 Å². The molecule has 8 nitrogen and oxygen atoms in total. The summed E-state index contributed by atoms with van der Waals surface area (Å²) in [7, 11) is 0. The Bertz CT molecular complexity index is 1500. The van der Waals surface area contributed by atoms with Gasteiger partial charge in [0.25, 0.3) is 11.1 Å². The summed E-state index contributed by atoms with van der Waals surface area (Å²) < 4.78 is 14.0. The van der Waals surface area contributed by atoms with E-state index in [1.165, 1.54) is 23.1 Å². The van der Waals surface area contributed by atoms with Gasteiger partial charge in [0, 0.05) is 6.20 Å². The zero-order chi connectivity index (χ0) is 23.6. The van der Waals surface area contributed by atoms with Crippen LogP contribution >= 0.6 is 11.3 Å². The summed E-state index contributed by atoms with van der Waals surface area (Å²) in [5, 5.41) is 11.5. The number of nitrogens with one attached hydrogen (secondary N) is 1. The Balaban J connectivity index is 1.09. The fourth-order valence-electron chi connectivity index (χ4n) is 4.10. The molecule has 1 aliphatic rings. The third-order valence-corrected chi connectivity index (χ3v) is 6.73. The predicted octanol–water partition coefficient (Wildman–Crippen LogP) is 4.97. The molecule has 1 unspecified atom stereocenters. The fourth-order valence-corrected chi connectivity index (χ4v) is 4.80. The average molecular weight is 484 g/mol. The summed E-state index contributed by atoms with van der Waals surface area (Å²) in [6.07, 6.45) is 5.24. The zero-order valence-corrected chi connectivity index (χ0v) is 19.4. The summed E-state index contributed by atoms with van der Waals surface area (Å²) in [6.45, 7) is 0.257. The average Bonchev–Trinajstić information content (AvgIpc) is 3.55. The molecule has 2 aromatic carbocycles. The number of hydrogen-bond donors (Lipinski definition) is 1. The molecule has 1 aliphatic heterocycles. The van der Waals surface area contributed by atoms with Gasteiger partial charge in [-0.15, -0.1) is 10.2 Å². The van der Waals surface area contributed by atoms with Gasteiger partial charge in [-0.3, -0.25) is 9.20 Å². The van der Waals surface area contributed by atoms with Crippen LogP contribution in [-0.4, -0.2) is 25.5 Å². The quantitative estimate of drug-likeness (QED) is 0.367. The highest BCUT2D eigenvalue weighted by Gasteiger charge is 2.22. The van der Waals surface area contributed by atoms with Crippen LogP contribution in [0.2, 0.25) is 0 Å². The number of carbonyl (C=O) groups is 1. The monoisotopic (exact) mass is 483 g/mol. The number of pyridine rings is 1. The number of ether oxygens (including phenoxy) is 2. The first-order valence-corrected chi connectivity index (χ1v) is 12.1. The van der Waals surface area contributed by atoms with E-state index in [2.05, 4.69) is 32.6 Å². The number of amides is 1. The van der Waals surface area contributed by atoms with Gasteiger partial charge in [-0.05, 0) is 54.3 Å². The Morgan fingerprint density at radius 1 is 1.11 bits per heavy atom. The van der Waals surface area contributed by atoms with E-state index in [9.17, 15) is 4.79 Å². The lowest BCUT2D eigenvalue weighted by Gasteiger charge is -2.26. The number of rotatable bonds is 6. The van der Waals surface area contributed by atoms with E-state index in [-0.39, 0.29) is 18.6 Å². The maximum atomic E-state index is 12.6. The molecular weight excluding hydrogens is 462 g/mol. The first kappa shape index (κ1) is 21.3. The van der Waals surface area contributed by atoms with Crippen LogP contribution in [0, 0.1) is 0 Å². The molecule has 1 N–H and O–H groups in total. The number of aromatic nitrogens is 4. The Morgan fingerprint density at radius 3 is 2.91 bits per heavy atom. The molecule has 0 fully saturated rings. The van der Waals surface area contributed by atoms with Gasteiger partial charge < -0.3 is 14.8 Å². The molecule has 1 atom stereocenters. The highest BCUT2D eigenvalue weighted by molar-refractivity contribution is 7.15. The highest BCUT2D eigenvalue weighted by atomic mass is 32.1. The zero-order valence-electron chi connectivity index (χ0n) is 18.6. The standard InChI is InChI=1S/C26H21N5O3S/c32-25(27-16-24-30-29-23-8-4-5-13-31(23)24)22-15-28-26(35-22)33-19-10-12-21-18(14-19)9-11-20(34-21)17-6-2-1-3-7-17/h1-8,10,12-15,20H,9,11,16H2,(H,27,32). The van der Waals surface area contributed by atoms with Crippen LogP contribution in [0.1, 0.15) is 39.1 Å². The second-order valence-corrected chi connectivity index (χ2v) is 9.14. The SMILES string of the molecule is O=C(NCc1nnc2ccccn12)c1cnc(Oc2ccc3c(c2)CCC(c2ccccc2)O3)s1. The molecule has 3 aromatic heterocycles. The number of thiazole rings is 1. The summed E-state index contributed by atoms with van der Waals surface area (Å²) in [5.41, 5.74) is 3.02. The molecule has 6 rings (SSSR count). The second-order valence-electron chi connectivity index (χ2n) is 8.15. The molecule has 4 heterocycles. The third-order valence-electron chi connectivity index (χ3n) is 5.85. The molecule has 0 aliphatic carbocycles. The minimum Gasteiger partial charge on any atom is -0.485 e. The van der Waals surface area contributed by atoms with Crippen molar-refractivity contribution in [3.63, 3.8) is 0 Å². The van der Waals surface area contributed by atoms with Crippen molar-refractivity contribution in [2.45, 2.75) is 25.5 Å². The second kappa shape index (κ2) is 9.19. The predicted molar refractivity (Wildman–Crippen MR) is 131 cm³/mol. The molecule has 0 radical (unpaired) electrons. The van der Waals surface area contributed by atoms with E-state index in [1.807, 2.05) is 65.2 Å². The Hall–Kier alpha value is -4.24. The molecule has 1 amide bonds. The summed E-state index contributed by atoms with van der Waals surface area (Å²) >= 11 is 1.19. The number of benzene rings is 2. The molecule has 0 bridgehead atoms. The van der Waals surface area contributed by atoms with Gasteiger partial charge in [-0.2, -0.15) is 0 Å². The lowest BCUT2D eigenvalue weighted by Crippen LogP contribution is -2.23. The fraction of sp³-hybridized carbons (Fsp3) is 0.154. The topological polar surface area (TPSA) is 90.6 Å². The minimum atomic E-state index is -0.240. The van der Waals surface area contributed by atoms with Gasteiger partial charge in [0.2, 0.25) is 0 Å². The smallest absolute Gasteiger partial charge is 0.279 e. The van der Waals surface area contributed by atoms with Crippen molar-refractivity contribution in [2.75, 3.05) is 0 Å². The Morgan fingerprint density at radius 2 is 2.00 bits per heavy atom. The molecule has 0 saturated carbocycles. The van der Waals surface area contributed by atoms with Crippen LogP contribution in [0.5, 0.6) is 16.7 Å². The number of carbonyl (C=O) groups excluding carboxylic acids is 1. The molecule has 174 valence electrons. The van der Waals surface area contributed by atoms with E-state index in [0.717, 1.165) is 29.8 Å². The highest BCUT2D eigenvalue weighted by Crippen LogP contribution is 2.38. The maximum Gasteiger partial charge on any atom is 0.279 e. The van der Waals surface area contributed by atoms with Crippen molar-refractivity contribution >= 4 is 22.9 Å². The van der Waals surface area contributed by atoms with Crippen molar-refractivity contribution in [1.82, 2.24) is 24.9 Å². The van der Waals surface area contributed by atoms with E-state index in [0.29, 0.717) is 21.6 Å². The van der Waals surface area contributed by atoms with Gasteiger partial charge >= 0.3 is 0 Å². The summed E-state index contributed by atoms with van der Waals surface area (Å²) in [6, 6.07) is 21.7. The van der Waals surface area contributed by atoms with Gasteiger partial charge in [-0.1, -0.05) is 47.7 Å². The van der Waals surface area contributed by atoms with Gasteiger partial charge in [-0.25, -0.2) is 4.98 Å². The summed E-state index contributed by atoms with van der Waals surface area (Å²) in [5.74, 6) is 1.95. The molecule has 0 saturated heterocycles. The van der Waals surface area contributed by atoms with E-state index < -0.39 is 0 Å². The molecule has 0 spiro atoms. The molecule has 35 heavy (non-hydrogen) atoms. The van der Waals surface area contributed by atoms with Crippen LogP contribution in [0.25, 0.3) is 5.65 Å². The third kappa shape index (κ3) is 4.45. The first-order chi connectivity index (χ1) is 17.2. The number of aryl methyl sites for hydroxylation is 1. The first-order valence-electron chi connectivity index (χ1n) is 11.3. The minimum absolute atomic E-state index is 0.0613. The van der Waals surface area contributed by atoms with Crippen molar-refractivity contribution < 1.29 is 14.3 Å². The molecule has 5 aromatic rings. The maximum absolute atomic E-state index is 12.6. The van der Waals surface area contributed by atoms with E-state index >= 15 is 0 Å². The van der Waals surface area contributed by atoms with Crippen LogP contribution < -0.4 is 14.8 Å². The van der Waals surface area contributed by atoms with Crippen molar-refractivity contribution in [1.29, 1.82) is 0 Å². The lowest BCUT2D eigenvalue weighted by molar-refractivity contribution is 0.0953. The van der Waals surface area contributed by atoms with Crippen LogP contribution in [0.15, 0.2) is 79.1 Å². The molecular formula is C26H21N5O3S. The lowest BCUT2D eigenvalue weighted by atomic mass is 9.97.